The molecule has 1 fully saturated rings. The molecule has 1 atom stereocenters. The average Bonchev–Trinajstić information content (AvgIpc) is 2.46. The third kappa shape index (κ3) is 3.58. The molecule has 1 unspecified atom stereocenters. The Morgan fingerprint density at radius 3 is 2.75 bits per heavy atom. The van der Waals surface area contributed by atoms with Crippen molar-refractivity contribution >= 4 is 11.6 Å². The van der Waals surface area contributed by atoms with Crippen LogP contribution in [-0.4, -0.2) is 61.3 Å². The van der Waals surface area contributed by atoms with E-state index >= 15 is 0 Å². The van der Waals surface area contributed by atoms with Gasteiger partial charge >= 0.3 is 0 Å². The molecule has 1 aliphatic rings. The topological polar surface area (TPSA) is 62.3 Å². The minimum Gasteiger partial charge on any atom is -0.374 e. The molecule has 2 rings (SSSR count). The first-order valence-corrected chi connectivity index (χ1v) is 7.23. The second-order valence-electron chi connectivity index (χ2n) is 5.20. The largest absolute Gasteiger partial charge is 0.374 e. The molecule has 20 heavy (non-hydrogen) atoms. The molecule has 6 nitrogen and oxygen atoms in total. The zero-order valence-corrected chi connectivity index (χ0v) is 12.9. The monoisotopic (exact) mass is 279 g/mol. The Labute approximate surface area is 120 Å². The van der Waals surface area contributed by atoms with Crippen LogP contribution in [0.2, 0.25) is 0 Å². The van der Waals surface area contributed by atoms with Crippen molar-refractivity contribution in [2.24, 2.45) is 0 Å². The van der Waals surface area contributed by atoms with Gasteiger partial charge in [0.15, 0.2) is 0 Å². The highest BCUT2D eigenvalue weighted by molar-refractivity contribution is 5.57. The summed E-state index contributed by atoms with van der Waals surface area (Å²) in [6.07, 6.45) is 1.04. The van der Waals surface area contributed by atoms with Crippen LogP contribution in [0.5, 0.6) is 0 Å². The number of rotatable bonds is 5. The van der Waals surface area contributed by atoms with Gasteiger partial charge in [-0.2, -0.15) is 0 Å². The van der Waals surface area contributed by atoms with Crippen molar-refractivity contribution in [3.63, 3.8) is 0 Å². The van der Waals surface area contributed by atoms with Gasteiger partial charge in [0, 0.05) is 38.7 Å². The molecule has 2 heterocycles. The van der Waals surface area contributed by atoms with Crippen LogP contribution in [0.15, 0.2) is 0 Å². The van der Waals surface area contributed by atoms with E-state index < -0.39 is 0 Å². The number of nitrogens with zero attached hydrogens (tertiary/aromatic N) is 3. The highest BCUT2D eigenvalue weighted by Gasteiger charge is 2.18. The van der Waals surface area contributed by atoms with Gasteiger partial charge in [0.05, 0.1) is 12.7 Å². The minimum atomic E-state index is 0.214. The summed E-state index contributed by atoms with van der Waals surface area (Å²) in [6.45, 7) is 7.63. The minimum absolute atomic E-state index is 0.214. The number of aryl methyl sites for hydroxylation is 1. The summed E-state index contributed by atoms with van der Waals surface area (Å²) >= 11 is 0. The van der Waals surface area contributed by atoms with Crippen LogP contribution >= 0.6 is 0 Å². The maximum atomic E-state index is 5.76. The second kappa shape index (κ2) is 6.85. The van der Waals surface area contributed by atoms with Gasteiger partial charge in [-0.1, -0.05) is 6.92 Å². The fourth-order valence-electron chi connectivity index (χ4n) is 2.34. The van der Waals surface area contributed by atoms with Crippen molar-refractivity contribution < 1.29 is 4.74 Å². The summed E-state index contributed by atoms with van der Waals surface area (Å²) in [5, 5.41) is 6.53. The van der Waals surface area contributed by atoms with Crippen LogP contribution in [-0.2, 0) is 11.2 Å². The van der Waals surface area contributed by atoms with Crippen LogP contribution in [0, 0.1) is 6.92 Å². The summed E-state index contributed by atoms with van der Waals surface area (Å²) in [7, 11) is 4.01. The van der Waals surface area contributed by atoms with Crippen LogP contribution in [0.3, 0.4) is 0 Å². The van der Waals surface area contributed by atoms with Gasteiger partial charge in [0.1, 0.15) is 17.5 Å². The van der Waals surface area contributed by atoms with E-state index in [-0.39, 0.29) is 6.10 Å². The van der Waals surface area contributed by atoms with E-state index in [9.17, 15) is 0 Å². The number of nitrogens with one attached hydrogen (secondary N) is 2. The van der Waals surface area contributed by atoms with Crippen LogP contribution in [0.1, 0.15) is 18.3 Å². The molecular formula is C14H25N5O. The third-order valence-corrected chi connectivity index (χ3v) is 3.58. The van der Waals surface area contributed by atoms with Crippen molar-refractivity contribution in [2.75, 3.05) is 51.0 Å². The van der Waals surface area contributed by atoms with E-state index in [0.717, 1.165) is 55.7 Å². The van der Waals surface area contributed by atoms with E-state index in [0.29, 0.717) is 0 Å². The predicted octanol–water partition coefficient (Wildman–Crippen LogP) is 1.13. The Balaban J connectivity index is 2.04. The number of likely N-dealkylation sites (N-methyl/N-ethyl adjacent to an activating group) is 1. The maximum absolute atomic E-state index is 5.76. The SMILES string of the molecule is CCc1nc(NC)c(C)c(NCC2CN(C)CCO2)n1. The van der Waals surface area contributed by atoms with Crippen molar-refractivity contribution in [1.29, 1.82) is 0 Å². The molecule has 0 aromatic carbocycles. The van der Waals surface area contributed by atoms with Gasteiger partial charge in [-0.05, 0) is 14.0 Å². The number of hydrogen-bond acceptors (Lipinski definition) is 6. The number of anilines is 2. The summed E-state index contributed by atoms with van der Waals surface area (Å²) in [4.78, 5) is 11.3. The van der Waals surface area contributed by atoms with E-state index in [1.807, 2.05) is 14.0 Å². The van der Waals surface area contributed by atoms with Gasteiger partial charge in [-0.25, -0.2) is 9.97 Å². The summed E-state index contributed by atoms with van der Waals surface area (Å²) in [5.41, 5.74) is 1.05. The lowest BCUT2D eigenvalue weighted by atomic mass is 10.2. The first-order chi connectivity index (χ1) is 9.63. The molecule has 1 saturated heterocycles. The fourth-order valence-corrected chi connectivity index (χ4v) is 2.34. The van der Waals surface area contributed by atoms with Crippen LogP contribution in [0.4, 0.5) is 11.6 Å². The summed E-state index contributed by atoms with van der Waals surface area (Å²) < 4.78 is 5.76. The molecule has 0 bridgehead atoms. The summed E-state index contributed by atoms with van der Waals surface area (Å²) in [5.74, 6) is 2.64. The summed E-state index contributed by atoms with van der Waals surface area (Å²) in [6, 6.07) is 0. The van der Waals surface area contributed by atoms with Crippen molar-refractivity contribution in [1.82, 2.24) is 14.9 Å². The molecule has 1 aromatic rings. The Morgan fingerprint density at radius 1 is 1.35 bits per heavy atom. The highest BCUT2D eigenvalue weighted by Crippen LogP contribution is 2.20. The maximum Gasteiger partial charge on any atom is 0.134 e. The van der Waals surface area contributed by atoms with Gasteiger partial charge in [0.2, 0.25) is 0 Å². The van der Waals surface area contributed by atoms with E-state index in [1.165, 1.54) is 0 Å². The standard InChI is InChI=1S/C14H25N5O/c1-5-12-17-13(15-3)10(2)14(18-12)16-8-11-9-19(4)6-7-20-11/h11H,5-9H2,1-4H3,(H2,15,16,17,18). The van der Waals surface area contributed by atoms with Gasteiger partial charge in [0.25, 0.3) is 0 Å². The lowest BCUT2D eigenvalue weighted by Crippen LogP contribution is -2.43. The Hall–Kier alpha value is -1.40. The normalized spacial score (nSPS) is 19.9. The van der Waals surface area contributed by atoms with E-state index in [1.54, 1.807) is 0 Å². The van der Waals surface area contributed by atoms with E-state index in [2.05, 4.69) is 39.5 Å². The molecular weight excluding hydrogens is 254 g/mol. The molecule has 0 amide bonds. The van der Waals surface area contributed by atoms with Gasteiger partial charge in [-0.15, -0.1) is 0 Å². The predicted molar refractivity (Wildman–Crippen MR) is 81.4 cm³/mol. The number of ether oxygens (including phenoxy) is 1. The lowest BCUT2D eigenvalue weighted by Gasteiger charge is -2.30. The lowest BCUT2D eigenvalue weighted by molar-refractivity contribution is -0.0117. The fraction of sp³-hybridized carbons (Fsp3) is 0.714. The molecule has 1 aromatic heterocycles. The Bertz CT molecular complexity index is 451. The molecule has 0 radical (unpaired) electrons. The third-order valence-electron chi connectivity index (χ3n) is 3.58. The molecule has 1 aliphatic heterocycles. The number of hydrogen-bond donors (Lipinski definition) is 2. The number of aromatic nitrogens is 2. The quantitative estimate of drug-likeness (QED) is 0.842. The first-order valence-electron chi connectivity index (χ1n) is 7.23. The van der Waals surface area contributed by atoms with Crippen molar-refractivity contribution in [3.05, 3.63) is 11.4 Å². The number of morpholine rings is 1. The van der Waals surface area contributed by atoms with Gasteiger partial charge in [-0.3, -0.25) is 0 Å². The average molecular weight is 279 g/mol. The molecule has 112 valence electrons. The highest BCUT2D eigenvalue weighted by atomic mass is 16.5. The zero-order chi connectivity index (χ0) is 14.5. The first kappa shape index (κ1) is 15.0. The van der Waals surface area contributed by atoms with Crippen molar-refractivity contribution in [3.8, 4) is 0 Å². The van der Waals surface area contributed by atoms with Crippen LogP contribution < -0.4 is 10.6 Å². The van der Waals surface area contributed by atoms with Crippen molar-refractivity contribution in [2.45, 2.75) is 26.4 Å². The second-order valence-corrected chi connectivity index (χ2v) is 5.20. The molecule has 6 heteroatoms. The molecule has 0 aliphatic carbocycles. The van der Waals surface area contributed by atoms with Crippen LogP contribution in [0.25, 0.3) is 0 Å². The molecule has 0 saturated carbocycles. The van der Waals surface area contributed by atoms with E-state index in [4.69, 9.17) is 4.74 Å². The molecule has 0 spiro atoms. The van der Waals surface area contributed by atoms with Gasteiger partial charge < -0.3 is 20.3 Å². The smallest absolute Gasteiger partial charge is 0.134 e. The zero-order valence-electron chi connectivity index (χ0n) is 12.9. The Kier molecular flexibility index (Phi) is 5.14. The molecule has 2 N–H and O–H groups in total. The Morgan fingerprint density at radius 2 is 2.10 bits per heavy atom.